The van der Waals surface area contributed by atoms with E-state index in [4.69, 9.17) is 0 Å². The van der Waals surface area contributed by atoms with E-state index in [0.29, 0.717) is 30.6 Å². The van der Waals surface area contributed by atoms with Gasteiger partial charge in [0.25, 0.3) is 5.91 Å². The zero-order chi connectivity index (χ0) is 20.6. The molecule has 3 heterocycles. The van der Waals surface area contributed by atoms with Crippen molar-refractivity contribution in [2.75, 3.05) is 0 Å². The lowest BCUT2D eigenvalue weighted by Gasteiger charge is -2.34. The summed E-state index contributed by atoms with van der Waals surface area (Å²) in [6, 6.07) is 2.96. The average molecular weight is 410 g/mol. The van der Waals surface area contributed by atoms with Gasteiger partial charge in [0.15, 0.2) is 0 Å². The lowest BCUT2D eigenvalue weighted by molar-refractivity contribution is -0.159. The van der Waals surface area contributed by atoms with Crippen LogP contribution in [0.5, 0.6) is 0 Å². The molecular weight excluding hydrogens is 393 g/mol. The van der Waals surface area contributed by atoms with Crippen molar-refractivity contribution in [2.24, 2.45) is 0 Å². The molecule has 4 rings (SSSR count). The first kappa shape index (κ1) is 19.3. The molecule has 0 atom stereocenters. The second-order valence-electron chi connectivity index (χ2n) is 7.10. The van der Waals surface area contributed by atoms with Crippen LogP contribution in [0.3, 0.4) is 0 Å². The fourth-order valence-corrected chi connectivity index (χ4v) is 3.56. The molecule has 3 N–H and O–H groups in total. The second kappa shape index (κ2) is 7.10. The molecular formula is C17H17F3N6O3. The van der Waals surface area contributed by atoms with Crippen LogP contribution in [-0.2, 0) is 17.5 Å². The highest BCUT2D eigenvalue weighted by molar-refractivity contribution is 6.07. The number of nitrogens with one attached hydrogen (secondary N) is 3. The number of nitrogens with zero attached hydrogens (tertiary/aromatic N) is 3. The molecule has 1 spiro atoms. The molecule has 12 heteroatoms. The average Bonchev–Trinajstić information content (AvgIpc) is 3.27. The van der Waals surface area contributed by atoms with Crippen molar-refractivity contribution in [3.05, 3.63) is 29.9 Å². The maximum absolute atomic E-state index is 12.5. The molecule has 1 aliphatic carbocycles. The van der Waals surface area contributed by atoms with Gasteiger partial charge >= 0.3 is 18.1 Å². The molecule has 2 aromatic heterocycles. The van der Waals surface area contributed by atoms with Crippen molar-refractivity contribution in [3.8, 4) is 11.4 Å². The molecule has 0 radical (unpaired) electrons. The van der Waals surface area contributed by atoms with Crippen LogP contribution in [-0.4, -0.2) is 38.6 Å². The Balaban J connectivity index is 1.31. The van der Waals surface area contributed by atoms with Crippen LogP contribution < -0.4 is 16.0 Å². The Bertz CT molecular complexity index is 919. The number of alkyl halides is 3. The topological polar surface area (TPSA) is 122 Å². The first-order chi connectivity index (χ1) is 13.7. The number of carbonyl (C=O) groups is 2. The molecule has 2 aliphatic rings. The van der Waals surface area contributed by atoms with Gasteiger partial charge in [-0.2, -0.15) is 18.2 Å². The molecule has 3 amide bonds. The highest BCUT2D eigenvalue weighted by Crippen LogP contribution is 2.31. The second-order valence-corrected chi connectivity index (χ2v) is 7.10. The Hall–Kier alpha value is -3.02. The molecule has 0 unspecified atom stereocenters. The van der Waals surface area contributed by atoms with Gasteiger partial charge in [0.1, 0.15) is 5.54 Å². The predicted molar refractivity (Wildman–Crippen MR) is 91.0 cm³/mol. The summed E-state index contributed by atoms with van der Waals surface area (Å²) < 4.78 is 41.8. The third-order valence-electron chi connectivity index (χ3n) is 5.18. The quantitative estimate of drug-likeness (QED) is 0.657. The summed E-state index contributed by atoms with van der Waals surface area (Å²) in [7, 11) is 0. The van der Waals surface area contributed by atoms with Gasteiger partial charge < -0.3 is 15.2 Å². The van der Waals surface area contributed by atoms with E-state index in [1.54, 1.807) is 12.1 Å². The fourth-order valence-electron chi connectivity index (χ4n) is 3.56. The summed E-state index contributed by atoms with van der Waals surface area (Å²) in [6.07, 6.45) is -0.773. The van der Waals surface area contributed by atoms with Crippen molar-refractivity contribution >= 4 is 11.9 Å². The van der Waals surface area contributed by atoms with Crippen LogP contribution in [0.25, 0.3) is 11.4 Å². The van der Waals surface area contributed by atoms with E-state index in [1.165, 1.54) is 6.20 Å². The zero-order valence-electron chi connectivity index (χ0n) is 15.0. The summed E-state index contributed by atoms with van der Waals surface area (Å²) in [6.45, 7) is 0.455. The molecule has 0 aromatic carbocycles. The Kier molecular flexibility index (Phi) is 4.73. The number of imide groups is 1. The van der Waals surface area contributed by atoms with E-state index >= 15 is 0 Å². The smallest absolute Gasteiger partial charge is 0.329 e. The van der Waals surface area contributed by atoms with Gasteiger partial charge in [0.05, 0.1) is 5.69 Å². The first-order valence-corrected chi connectivity index (χ1v) is 8.98. The standard InChI is InChI=1S/C17H17F3N6O3/c18-17(19,20)14-23-12(26-29-14)9-1-2-11(21-7-9)8-22-10-3-5-16(6-4-10)13(27)24-15(28)25-16/h1-2,7,10,22H,3-6,8H2,(H2,24,25,27,28)/t10-,16+. The minimum absolute atomic E-state index is 0.166. The number of halogens is 3. The predicted octanol–water partition coefficient (Wildman–Crippen LogP) is 1.76. The van der Waals surface area contributed by atoms with Crippen molar-refractivity contribution in [1.82, 2.24) is 31.1 Å². The number of urea groups is 1. The number of carbonyl (C=O) groups excluding carboxylic acids is 2. The first-order valence-electron chi connectivity index (χ1n) is 8.98. The Labute approximate surface area is 162 Å². The lowest BCUT2D eigenvalue weighted by Crippen LogP contribution is -2.52. The molecule has 1 saturated heterocycles. The molecule has 9 nitrogen and oxygen atoms in total. The molecule has 1 aliphatic heterocycles. The van der Waals surface area contributed by atoms with E-state index in [2.05, 4.69) is 35.6 Å². The summed E-state index contributed by atoms with van der Waals surface area (Å²) in [5, 5.41) is 11.7. The van der Waals surface area contributed by atoms with Crippen LogP contribution in [0.1, 0.15) is 37.3 Å². The fraction of sp³-hybridized carbons (Fsp3) is 0.471. The van der Waals surface area contributed by atoms with Crippen molar-refractivity contribution in [3.63, 3.8) is 0 Å². The van der Waals surface area contributed by atoms with Crippen LogP contribution in [0.4, 0.5) is 18.0 Å². The summed E-state index contributed by atoms with van der Waals surface area (Å²) in [5.41, 5.74) is 0.214. The van der Waals surface area contributed by atoms with Gasteiger partial charge in [-0.3, -0.25) is 15.1 Å². The highest BCUT2D eigenvalue weighted by atomic mass is 19.4. The normalized spacial score (nSPS) is 24.6. The van der Waals surface area contributed by atoms with Crippen molar-refractivity contribution in [2.45, 2.75) is 50.0 Å². The summed E-state index contributed by atoms with van der Waals surface area (Å²) in [4.78, 5) is 30.9. The van der Waals surface area contributed by atoms with Gasteiger partial charge in [-0.1, -0.05) is 5.16 Å². The van der Waals surface area contributed by atoms with Crippen LogP contribution in [0, 0.1) is 0 Å². The van der Waals surface area contributed by atoms with E-state index in [9.17, 15) is 22.8 Å². The number of rotatable bonds is 4. The van der Waals surface area contributed by atoms with E-state index in [0.717, 1.165) is 12.8 Å². The number of aromatic nitrogens is 3. The van der Waals surface area contributed by atoms with Crippen LogP contribution in [0.15, 0.2) is 22.9 Å². The van der Waals surface area contributed by atoms with Gasteiger partial charge in [0, 0.05) is 24.3 Å². The van der Waals surface area contributed by atoms with Gasteiger partial charge in [-0.15, -0.1) is 0 Å². The summed E-state index contributed by atoms with van der Waals surface area (Å²) in [5.74, 6) is -1.85. The van der Waals surface area contributed by atoms with Crippen LogP contribution in [0.2, 0.25) is 0 Å². The maximum atomic E-state index is 12.5. The largest absolute Gasteiger partial charge is 0.471 e. The van der Waals surface area contributed by atoms with Crippen molar-refractivity contribution in [1.29, 1.82) is 0 Å². The highest BCUT2D eigenvalue weighted by Gasteiger charge is 2.47. The van der Waals surface area contributed by atoms with Gasteiger partial charge in [0.2, 0.25) is 5.82 Å². The number of hydrogen-bond donors (Lipinski definition) is 3. The van der Waals surface area contributed by atoms with E-state index < -0.39 is 23.6 Å². The Morgan fingerprint density at radius 3 is 2.55 bits per heavy atom. The summed E-state index contributed by atoms with van der Waals surface area (Å²) >= 11 is 0. The van der Waals surface area contributed by atoms with Crippen molar-refractivity contribution < 1.29 is 27.3 Å². The zero-order valence-corrected chi connectivity index (χ0v) is 15.0. The molecule has 2 aromatic rings. The van der Waals surface area contributed by atoms with Gasteiger partial charge in [-0.05, 0) is 37.8 Å². The number of hydrogen-bond acceptors (Lipinski definition) is 7. The third kappa shape index (κ3) is 3.92. The molecule has 2 fully saturated rings. The number of pyridine rings is 1. The SMILES string of the molecule is O=C1NC(=O)[C@]2(CC[C@H](NCc3ccc(-c4noc(C(F)(F)F)n4)cn3)CC2)N1. The minimum atomic E-state index is -4.69. The Morgan fingerprint density at radius 2 is 2.00 bits per heavy atom. The lowest BCUT2D eigenvalue weighted by atomic mass is 9.79. The molecule has 1 saturated carbocycles. The molecule has 29 heavy (non-hydrogen) atoms. The molecule has 0 bridgehead atoms. The monoisotopic (exact) mass is 410 g/mol. The van der Waals surface area contributed by atoms with Crippen LogP contribution >= 0.6 is 0 Å². The van der Waals surface area contributed by atoms with Gasteiger partial charge in [-0.25, -0.2) is 4.79 Å². The van der Waals surface area contributed by atoms with E-state index in [1.807, 2.05) is 0 Å². The van der Waals surface area contributed by atoms with E-state index in [-0.39, 0.29) is 17.8 Å². The number of amides is 3. The minimum Gasteiger partial charge on any atom is -0.329 e. The maximum Gasteiger partial charge on any atom is 0.471 e. The molecule has 154 valence electrons. The Morgan fingerprint density at radius 1 is 1.24 bits per heavy atom. The third-order valence-corrected chi connectivity index (χ3v) is 5.18.